The third-order valence-corrected chi connectivity index (χ3v) is 2.13. The zero-order valence-electron chi connectivity index (χ0n) is 9.52. The molecule has 3 nitrogen and oxygen atoms in total. The lowest BCUT2D eigenvalue weighted by Crippen LogP contribution is -2.25. The van der Waals surface area contributed by atoms with Crippen LogP contribution in [0.5, 0.6) is 5.75 Å². The first kappa shape index (κ1) is 13.3. The Kier molecular flexibility index (Phi) is 5.60. The van der Waals surface area contributed by atoms with Crippen molar-refractivity contribution in [1.82, 2.24) is 0 Å². The van der Waals surface area contributed by atoms with Crippen LogP contribution in [0.2, 0.25) is 5.02 Å². The monoisotopic (exact) mass is 244 g/mol. The van der Waals surface area contributed by atoms with E-state index in [1.165, 1.54) is 0 Å². The van der Waals surface area contributed by atoms with E-state index >= 15 is 0 Å². The lowest BCUT2D eigenvalue weighted by Gasteiger charge is -2.14. The maximum atomic E-state index is 9.54. The minimum Gasteiger partial charge on any atom is -0.491 e. The van der Waals surface area contributed by atoms with Crippen LogP contribution in [0.1, 0.15) is 13.8 Å². The van der Waals surface area contributed by atoms with Crippen LogP contribution in [0.4, 0.5) is 0 Å². The Balaban J connectivity index is 2.26. The summed E-state index contributed by atoms with van der Waals surface area (Å²) in [6.07, 6.45) is -0.497. The minimum atomic E-state index is -0.613. The van der Waals surface area contributed by atoms with Crippen molar-refractivity contribution in [1.29, 1.82) is 0 Å². The first-order chi connectivity index (χ1) is 7.58. The zero-order valence-corrected chi connectivity index (χ0v) is 10.3. The normalized spacial score (nSPS) is 12.8. The van der Waals surface area contributed by atoms with Gasteiger partial charge in [-0.2, -0.15) is 0 Å². The number of aliphatic hydroxyl groups is 1. The van der Waals surface area contributed by atoms with Gasteiger partial charge < -0.3 is 14.6 Å². The molecule has 0 radical (unpaired) electrons. The SMILES string of the molecule is CC(C)OCC(O)COc1ccc(Cl)cc1. The number of benzene rings is 1. The molecule has 16 heavy (non-hydrogen) atoms. The predicted octanol–water partition coefficient (Wildman–Crippen LogP) is 2.50. The Labute approximate surface area is 101 Å². The summed E-state index contributed by atoms with van der Waals surface area (Å²) in [6, 6.07) is 7.01. The van der Waals surface area contributed by atoms with Gasteiger partial charge >= 0.3 is 0 Å². The quantitative estimate of drug-likeness (QED) is 0.836. The molecule has 0 saturated heterocycles. The van der Waals surface area contributed by atoms with Gasteiger partial charge in [-0.05, 0) is 38.1 Å². The largest absolute Gasteiger partial charge is 0.491 e. The second-order valence-electron chi connectivity index (χ2n) is 3.80. The van der Waals surface area contributed by atoms with Gasteiger partial charge in [0.05, 0.1) is 12.7 Å². The van der Waals surface area contributed by atoms with Crippen LogP contribution in [0.25, 0.3) is 0 Å². The highest BCUT2D eigenvalue weighted by atomic mass is 35.5. The van der Waals surface area contributed by atoms with Crippen LogP contribution < -0.4 is 4.74 Å². The van der Waals surface area contributed by atoms with Crippen molar-refractivity contribution in [3.05, 3.63) is 29.3 Å². The smallest absolute Gasteiger partial charge is 0.119 e. The summed E-state index contributed by atoms with van der Waals surface area (Å²) in [5, 5.41) is 10.2. The minimum absolute atomic E-state index is 0.116. The molecule has 1 atom stereocenters. The first-order valence-electron chi connectivity index (χ1n) is 5.26. The molecule has 0 heterocycles. The molecule has 90 valence electrons. The molecule has 1 unspecified atom stereocenters. The lowest BCUT2D eigenvalue weighted by molar-refractivity contribution is -0.0122. The van der Waals surface area contributed by atoms with Crippen molar-refractivity contribution in [3.8, 4) is 5.75 Å². The van der Waals surface area contributed by atoms with E-state index in [4.69, 9.17) is 21.1 Å². The van der Waals surface area contributed by atoms with Gasteiger partial charge in [0.1, 0.15) is 18.5 Å². The Morgan fingerprint density at radius 2 is 1.81 bits per heavy atom. The van der Waals surface area contributed by atoms with Gasteiger partial charge in [0.2, 0.25) is 0 Å². The zero-order chi connectivity index (χ0) is 12.0. The maximum absolute atomic E-state index is 9.54. The highest BCUT2D eigenvalue weighted by Crippen LogP contribution is 2.15. The molecule has 0 amide bonds. The highest BCUT2D eigenvalue weighted by molar-refractivity contribution is 6.30. The van der Waals surface area contributed by atoms with Crippen LogP contribution in [-0.2, 0) is 4.74 Å². The van der Waals surface area contributed by atoms with Gasteiger partial charge in [-0.1, -0.05) is 11.6 Å². The average molecular weight is 245 g/mol. The fourth-order valence-electron chi connectivity index (χ4n) is 1.07. The summed E-state index contributed by atoms with van der Waals surface area (Å²) in [6.45, 7) is 4.35. The van der Waals surface area contributed by atoms with E-state index in [0.29, 0.717) is 10.8 Å². The molecule has 1 rings (SSSR count). The van der Waals surface area contributed by atoms with Crippen LogP contribution >= 0.6 is 11.6 Å². The summed E-state index contributed by atoms with van der Waals surface area (Å²) in [5.41, 5.74) is 0. The molecule has 0 aliphatic rings. The Bertz CT molecular complexity index is 298. The van der Waals surface area contributed by atoms with Gasteiger partial charge in [0, 0.05) is 5.02 Å². The topological polar surface area (TPSA) is 38.7 Å². The molecule has 0 bridgehead atoms. The summed E-state index contributed by atoms with van der Waals surface area (Å²) in [4.78, 5) is 0. The maximum Gasteiger partial charge on any atom is 0.119 e. The van der Waals surface area contributed by atoms with E-state index in [9.17, 15) is 5.11 Å². The van der Waals surface area contributed by atoms with E-state index in [1.807, 2.05) is 13.8 Å². The third-order valence-electron chi connectivity index (χ3n) is 1.88. The third kappa shape index (κ3) is 5.35. The number of rotatable bonds is 6. The van der Waals surface area contributed by atoms with Crippen molar-refractivity contribution >= 4 is 11.6 Å². The standard InChI is InChI=1S/C12H17ClO3/c1-9(2)15-7-11(14)8-16-12-5-3-10(13)4-6-12/h3-6,9,11,14H,7-8H2,1-2H3. The van der Waals surface area contributed by atoms with Crippen LogP contribution in [0, 0.1) is 0 Å². The number of aliphatic hydroxyl groups excluding tert-OH is 1. The molecule has 4 heteroatoms. The lowest BCUT2D eigenvalue weighted by atomic mass is 10.3. The highest BCUT2D eigenvalue weighted by Gasteiger charge is 2.06. The van der Waals surface area contributed by atoms with E-state index in [-0.39, 0.29) is 19.3 Å². The molecule has 0 aromatic heterocycles. The number of hydrogen-bond acceptors (Lipinski definition) is 3. The molecule has 1 N–H and O–H groups in total. The molecule has 0 fully saturated rings. The summed E-state index contributed by atoms with van der Waals surface area (Å²) in [7, 11) is 0. The van der Waals surface area contributed by atoms with Gasteiger partial charge in [0.25, 0.3) is 0 Å². The van der Waals surface area contributed by atoms with Crippen molar-refractivity contribution in [2.45, 2.75) is 26.1 Å². The Morgan fingerprint density at radius 1 is 1.19 bits per heavy atom. The molecular formula is C12H17ClO3. The van der Waals surface area contributed by atoms with E-state index < -0.39 is 6.10 Å². The van der Waals surface area contributed by atoms with Gasteiger partial charge in [-0.3, -0.25) is 0 Å². The number of ether oxygens (including phenoxy) is 2. The Hall–Kier alpha value is -0.770. The van der Waals surface area contributed by atoms with Crippen LogP contribution in [0.15, 0.2) is 24.3 Å². The van der Waals surface area contributed by atoms with Gasteiger partial charge in [0.15, 0.2) is 0 Å². The summed E-state index contributed by atoms with van der Waals surface area (Å²) in [5.74, 6) is 0.688. The van der Waals surface area contributed by atoms with Crippen molar-refractivity contribution in [2.75, 3.05) is 13.2 Å². The fourth-order valence-corrected chi connectivity index (χ4v) is 1.20. The second kappa shape index (κ2) is 6.74. The fraction of sp³-hybridized carbons (Fsp3) is 0.500. The molecule has 1 aromatic carbocycles. The molecule has 0 aliphatic carbocycles. The molecule has 0 spiro atoms. The second-order valence-corrected chi connectivity index (χ2v) is 4.24. The van der Waals surface area contributed by atoms with Gasteiger partial charge in [-0.25, -0.2) is 0 Å². The van der Waals surface area contributed by atoms with Crippen molar-refractivity contribution < 1.29 is 14.6 Å². The van der Waals surface area contributed by atoms with Crippen LogP contribution in [0.3, 0.4) is 0 Å². The molecule has 0 saturated carbocycles. The predicted molar refractivity (Wildman–Crippen MR) is 64.0 cm³/mol. The van der Waals surface area contributed by atoms with E-state index in [2.05, 4.69) is 0 Å². The summed E-state index contributed by atoms with van der Waals surface area (Å²) >= 11 is 5.73. The van der Waals surface area contributed by atoms with E-state index in [0.717, 1.165) is 0 Å². The number of hydrogen-bond donors (Lipinski definition) is 1. The van der Waals surface area contributed by atoms with Crippen LogP contribution in [-0.4, -0.2) is 30.5 Å². The van der Waals surface area contributed by atoms with Crippen molar-refractivity contribution in [3.63, 3.8) is 0 Å². The molecule has 0 aliphatic heterocycles. The average Bonchev–Trinajstić information content (AvgIpc) is 2.25. The number of halogens is 1. The molecule has 1 aromatic rings. The Morgan fingerprint density at radius 3 is 2.38 bits per heavy atom. The van der Waals surface area contributed by atoms with Gasteiger partial charge in [-0.15, -0.1) is 0 Å². The summed E-state index contributed by atoms with van der Waals surface area (Å²) < 4.78 is 10.6. The van der Waals surface area contributed by atoms with E-state index in [1.54, 1.807) is 24.3 Å². The first-order valence-corrected chi connectivity index (χ1v) is 5.63. The van der Waals surface area contributed by atoms with Crippen molar-refractivity contribution in [2.24, 2.45) is 0 Å². The molecular weight excluding hydrogens is 228 g/mol.